The zero-order chi connectivity index (χ0) is 15.5. The Bertz CT molecular complexity index is 669. The molecule has 4 heteroatoms. The number of nitrogens with zero attached hydrogens (tertiary/aromatic N) is 1. The molecule has 0 radical (unpaired) electrons. The van der Waals surface area contributed by atoms with E-state index in [4.69, 9.17) is 0 Å². The van der Waals surface area contributed by atoms with Gasteiger partial charge in [0.05, 0.1) is 0 Å². The Hall–Kier alpha value is -1.81. The van der Waals surface area contributed by atoms with Gasteiger partial charge in [-0.15, -0.1) is 0 Å². The summed E-state index contributed by atoms with van der Waals surface area (Å²) >= 11 is 3.46. The lowest BCUT2D eigenvalue weighted by Crippen LogP contribution is -2.23. The van der Waals surface area contributed by atoms with Crippen molar-refractivity contribution in [1.29, 1.82) is 0 Å². The van der Waals surface area contributed by atoms with Crippen LogP contribution in [0.4, 0.5) is 11.4 Å². The number of halogens is 1. The summed E-state index contributed by atoms with van der Waals surface area (Å²) in [5, 5.41) is 3.50. The molecule has 1 unspecified atom stereocenters. The van der Waals surface area contributed by atoms with E-state index in [-0.39, 0.29) is 11.9 Å². The Labute approximate surface area is 139 Å². The maximum Gasteiger partial charge on any atom is 0.227 e. The van der Waals surface area contributed by atoms with Crippen LogP contribution in [-0.2, 0) is 4.79 Å². The standard InChI is InChI=1S/C18H19BrN2O/c1-13(14-7-9-15(19)10-8-14)20-16-4-2-5-17(12-16)21-11-3-6-18(21)22/h2,4-5,7-10,12-13,20H,3,6,11H2,1H3. The van der Waals surface area contributed by atoms with Crippen LogP contribution in [0.3, 0.4) is 0 Å². The van der Waals surface area contributed by atoms with Crippen LogP contribution in [0.25, 0.3) is 0 Å². The molecule has 0 aromatic heterocycles. The zero-order valence-corrected chi connectivity index (χ0v) is 14.1. The van der Waals surface area contributed by atoms with Crippen LogP contribution in [0.1, 0.15) is 31.4 Å². The molecule has 0 spiro atoms. The molecule has 1 saturated heterocycles. The number of rotatable bonds is 4. The highest BCUT2D eigenvalue weighted by Crippen LogP contribution is 2.27. The second-order valence-electron chi connectivity index (χ2n) is 5.62. The van der Waals surface area contributed by atoms with Crippen LogP contribution < -0.4 is 10.2 Å². The van der Waals surface area contributed by atoms with Crippen LogP contribution >= 0.6 is 15.9 Å². The predicted molar refractivity (Wildman–Crippen MR) is 94.2 cm³/mol. The maximum atomic E-state index is 11.9. The first-order chi connectivity index (χ1) is 10.6. The molecule has 114 valence electrons. The third kappa shape index (κ3) is 3.33. The summed E-state index contributed by atoms with van der Waals surface area (Å²) in [5.74, 6) is 0.220. The molecule has 0 bridgehead atoms. The third-order valence-electron chi connectivity index (χ3n) is 3.98. The lowest BCUT2D eigenvalue weighted by atomic mass is 10.1. The fourth-order valence-electron chi connectivity index (χ4n) is 2.77. The van der Waals surface area contributed by atoms with E-state index in [1.165, 1.54) is 5.56 Å². The highest BCUT2D eigenvalue weighted by molar-refractivity contribution is 9.10. The van der Waals surface area contributed by atoms with Gasteiger partial charge < -0.3 is 10.2 Å². The van der Waals surface area contributed by atoms with Crippen molar-refractivity contribution < 1.29 is 4.79 Å². The minimum Gasteiger partial charge on any atom is -0.378 e. The van der Waals surface area contributed by atoms with Crippen molar-refractivity contribution in [2.24, 2.45) is 0 Å². The molecule has 1 fully saturated rings. The molecule has 1 aliphatic heterocycles. The Kier molecular flexibility index (Phi) is 4.48. The minimum atomic E-state index is 0.206. The average molecular weight is 359 g/mol. The van der Waals surface area contributed by atoms with Gasteiger partial charge in [-0.2, -0.15) is 0 Å². The molecule has 1 N–H and O–H groups in total. The predicted octanol–water partition coefficient (Wildman–Crippen LogP) is 4.75. The Balaban J connectivity index is 1.75. The summed E-state index contributed by atoms with van der Waals surface area (Å²) in [4.78, 5) is 13.7. The third-order valence-corrected chi connectivity index (χ3v) is 4.51. The molecule has 2 aromatic carbocycles. The zero-order valence-electron chi connectivity index (χ0n) is 12.6. The molecule has 0 saturated carbocycles. The average Bonchev–Trinajstić information content (AvgIpc) is 2.94. The summed E-state index contributed by atoms with van der Waals surface area (Å²) in [5.41, 5.74) is 3.24. The normalized spacial score (nSPS) is 15.9. The summed E-state index contributed by atoms with van der Waals surface area (Å²) < 4.78 is 1.08. The largest absolute Gasteiger partial charge is 0.378 e. The highest BCUT2D eigenvalue weighted by atomic mass is 79.9. The van der Waals surface area contributed by atoms with Crippen molar-refractivity contribution in [1.82, 2.24) is 0 Å². The molecule has 1 aliphatic rings. The lowest BCUT2D eigenvalue weighted by Gasteiger charge is -2.19. The first-order valence-corrected chi connectivity index (χ1v) is 8.35. The van der Waals surface area contributed by atoms with Gasteiger partial charge in [0, 0.05) is 34.9 Å². The number of hydrogen-bond donors (Lipinski definition) is 1. The van der Waals surface area contributed by atoms with Crippen LogP contribution in [0.15, 0.2) is 53.0 Å². The number of nitrogens with one attached hydrogen (secondary N) is 1. The monoisotopic (exact) mass is 358 g/mol. The van der Waals surface area contributed by atoms with E-state index < -0.39 is 0 Å². The molecule has 3 nitrogen and oxygen atoms in total. The van der Waals surface area contributed by atoms with Gasteiger partial charge in [0.15, 0.2) is 0 Å². The van der Waals surface area contributed by atoms with E-state index in [2.05, 4.69) is 46.4 Å². The van der Waals surface area contributed by atoms with Crippen molar-refractivity contribution >= 4 is 33.2 Å². The fourth-order valence-corrected chi connectivity index (χ4v) is 3.03. The van der Waals surface area contributed by atoms with Gasteiger partial charge in [0.1, 0.15) is 0 Å². The highest BCUT2D eigenvalue weighted by Gasteiger charge is 2.21. The van der Waals surface area contributed by atoms with Crippen molar-refractivity contribution in [2.45, 2.75) is 25.8 Å². The Morgan fingerprint density at radius 3 is 2.64 bits per heavy atom. The van der Waals surface area contributed by atoms with Gasteiger partial charge in [0.2, 0.25) is 5.91 Å². The van der Waals surface area contributed by atoms with E-state index >= 15 is 0 Å². The molecule has 1 atom stereocenters. The molecule has 0 aliphatic carbocycles. The molecule has 22 heavy (non-hydrogen) atoms. The fraction of sp³-hybridized carbons (Fsp3) is 0.278. The number of benzene rings is 2. The van der Waals surface area contributed by atoms with Gasteiger partial charge in [-0.05, 0) is 49.2 Å². The summed E-state index contributed by atoms with van der Waals surface area (Å²) in [6.07, 6.45) is 1.61. The van der Waals surface area contributed by atoms with Crippen molar-refractivity contribution in [3.8, 4) is 0 Å². The lowest BCUT2D eigenvalue weighted by molar-refractivity contribution is -0.117. The molecule has 1 amide bonds. The Morgan fingerprint density at radius 2 is 1.95 bits per heavy atom. The summed E-state index contributed by atoms with van der Waals surface area (Å²) in [6, 6.07) is 16.6. The molecular formula is C18H19BrN2O. The number of anilines is 2. The molecular weight excluding hydrogens is 340 g/mol. The van der Waals surface area contributed by atoms with E-state index in [0.29, 0.717) is 6.42 Å². The van der Waals surface area contributed by atoms with Crippen LogP contribution in [0.2, 0.25) is 0 Å². The van der Waals surface area contributed by atoms with E-state index in [0.717, 1.165) is 28.8 Å². The van der Waals surface area contributed by atoms with E-state index in [1.54, 1.807) is 0 Å². The van der Waals surface area contributed by atoms with E-state index in [9.17, 15) is 4.79 Å². The molecule has 2 aromatic rings. The second kappa shape index (κ2) is 6.53. The maximum absolute atomic E-state index is 11.9. The van der Waals surface area contributed by atoms with Gasteiger partial charge in [-0.1, -0.05) is 34.1 Å². The van der Waals surface area contributed by atoms with Gasteiger partial charge >= 0.3 is 0 Å². The van der Waals surface area contributed by atoms with Crippen LogP contribution in [0.5, 0.6) is 0 Å². The van der Waals surface area contributed by atoms with Crippen LogP contribution in [-0.4, -0.2) is 12.5 Å². The van der Waals surface area contributed by atoms with Gasteiger partial charge in [-0.25, -0.2) is 0 Å². The first kappa shape index (κ1) is 15.1. The Morgan fingerprint density at radius 1 is 1.18 bits per heavy atom. The van der Waals surface area contributed by atoms with Gasteiger partial charge in [0.25, 0.3) is 0 Å². The molecule has 3 rings (SSSR count). The number of carbonyl (C=O) groups excluding carboxylic acids is 1. The van der Waals surface area contributed by atoms with Crippen molar-refractivity contribution in [2.75, 3.05) is 16.8 Å². The minimum absolute atomic E-state index is 0.206. The van der Waals surface area contributed by atoms with E-state index in [1.807, 2.05) is 35.2 Å². The van der Waals surface area contributed by atoms with Gasteiger partial charge in [-0.3, -0.25) is 4.79 Å². The quantitative estimate of drug-likeness (QED) is 0.855. The first-order valence-electron chi connectivity index (χ1n) is 7.56. The topological polar surface area (TPSA) is 32.3 Å². The SMILES string of the molecule is CC(Nc1cccc(N2CCCC2=O)c1)c1ccc(Br)cc1. The van der Waals surface area contributed by atoms with Crippen molar-refractivity contribution in [3.63, 3.8) is 0 Å². The van der Waals surface area contributed by atoms with Crippen LogP contribution in [0, 0.1) is 0 Å². The second-order valence-corrected chi connectivity index (χ2v) is 6.53. The number of carbonyl (C=O) groups is 1. The number of amides is 1. The summed E-state index contributed by atoms with van der Waals surface area (Å²) in [6.45, 7) is 2.96. The molecule has 1 heterocycles. The summed E-state index contributed by atoms with van der Waals surface area (Å²) in [7, 11) is 0. The smallest absolute Gasteiger partial charge is 0.227 e. The number of hydrogen-bond acceptors (Lipinski definition) is 2. The van der Waals surface area contributed by atoms with Crippen molar-refractivity contribution in [3.05, 3.63) is 58.6 Å².